The van der Waals surface area contributed by atoms with Gasteiger partial charge in [0, 0.05) is 0 Å². The molecule has 0 spiro atoms. The van der Waals surface area contributed by atoms with Crippen molar-refractivity contribution in [2.75, 3.05) is 0 Å². The van der Waals surface area contributed by atoms with E-state index in [0.717, 1.165) is 9.78 Å². The maximum atomic E-state index is 8.88. The maximum Gasteiger partial charge on any atom is 0.466 e. The molecule has 0 saturated carbocycles. The van der Waals surface area contributed by atoms with Crippen LogP contribution in [0.1, 0.15) is 91.9 Å². The van der Waals surface area contributed by atoms with Crippen molar-refractivity contribution in [3.8, 4) is 0 Å². The van der Waals surface area contributed by atoms with E-state index in [9.17, 15) is 0 Å². The minimum atomic E-state index is -4.64. The van der Waals surface area contributed by atoms with Crippen LogP contribution in [-0.2, 0) is 19.0 Å². The third kappa shape index (κ3) is 28.7. The molecule has 0 aromatic rings. The molecule has 22 heavy (non-hydrogen) atoms. The molecule has 0 saturated heterocycles. The van der Waals surface area contributed by atoms with E-state index in [0.29, 0.717) is 0 Å². The van der Waals surface area contributed by atoms with Crippen LogP contribution < -0.4 is 0 Å². The van der Waals surface area contributed by atoms with Gasteiger partial charge in [-0.05, 0) is 0 Å². The molecule has 2 atom stereocenters. The molecule has 3 N–H and O–H groups in total. The molecule has 6 heteroatoms. The number of phosphoric acid groups is 1. The first-order valence-electron chi connectivity index (χ1n) is 8.53. The van der Waals surface area contributed by atoms with Gasteiger partial charge in [-0.25, -0.2) is 4.57 Å². The van der Waals surface area contributed by atoms with Crippen LogP contribution >= 0.6 is 7.82 Å². The Balaban J connectivity index is 0. The number of hydrogen-bond donors (Lipinski definition) is 3. The topological polar surface area (TPSA) is 77.8 Å². The van der Waals surface area contributed by atoms with Gasteiger partial charge in [-0.15, -0.1) is 0 Å². The monoisotopic (exact) mass is 382 g/mol. The van der Waals surface area contributed by atoms with E-state index in [-0.39, 0.29) is 0 Å². The molecule has 4 nitrogen and oxygen atoms in total. The van der Waals surface area contributed by atoms with Crippen LogP contribution in [0.3, 0.4) is 0 Å². The first kappa shape index (κ1) is 24.9. The zero-order chi connectivity index (χ0) is 17.4. The molecule has 0 bridgehead atoms. The van der Waals surface area contributed by atoms with Crippen LogP contribution in [0.5, 0.6) is 0 Å². The van der Waals surface area contributed by atoms with Gasteiger partial charge < -0.3 is 14.7 Å². The van der Waals surface area contributed by atoms with Gasteiger partial charge in [0.1, 0.15) is 0 Å². The van der Waals surface area contributed by atoms with Crippen LogP contribution in [0.2, 0.25) is 9.78 Å². The summed E-state index contributed by atoms with van der Waals surface area (Å²) in [5, 5.41) is 0. The standard InChI is InChI=1S/2C8H17.Ni.H3O4P/c2*1-3-5-7-8-6-4-2;;1-5(2,3)4/h2*3H,4-8H2,1-2H3;;(H3,1,2,3,4). The van der Waals surface area contributed by atoms with Crippen LogP contribution in [0.15, 0.2) is 0 Å². The second-order valence-corrected chi connectivity index (χ2v) is 9.06. The van der Waals surface area contributed by atoms with E-state index in [4.69, 9.17) is 19.2 Å². The van der Waals surface area contributed by atoms with Crippen molar-refractivity contribution in [2.24, 2.45) is 0 Å². The second-order valence-electron chi connectivity index (χ2n) is 5.76. The average molecular weight is 383 g/mol. The summed E-state index contributed by atoms with van der Waals surface area (Å²) >= 11 is 2.03. The Morgan fingerprint density at radius 1 is 0.773 bits per heavy atom. The Morgan fingerprint density at radius 2 is 1.09 bits per heavy atom. The number of hydrogen-bond acceptors (Lipinski definition) is 1. The van der Waals surface area contributed by atoms with Crippen LogP contribution in [-0.4, -0.2) is 14.7 Å². The average Bonchev–Trinajstić information content (AvgIpc) is 2.38. The molecular formula is C16H37NiO4P. The first-order chi connectivity index (χ1) is 10.2. The van der Waals surface area contributed by atoms with E-state index >= 15 is 0 Å². The molecule has 0 rings (SSSR count). The molecule has 2 unspecified atom stereocenters. The van der Waals surface area contributed by atoms with Crippen LogP contribution in [0.25, 0.3) is 0 Å². The summed E-state index contributed by atoms with van der Waals surface area (Å²) in [4.78, 5) is 23.3. The zero-order valence-corrected chi connectivity index (χ0v) is 16.6. The normalized spacial score (nSPS) is 14.3. The molecule has 140 valence electrons. The molecule has 0 fully saturated rings. The molecule has 0 heterocycles. The van der Waals surface area contributed by atoms with E-state index < -0.39 is 7.82 Å². The Labute approximate surface area is 143 Å². The molecule has 0 aliphatic rings. The van der Waals surface area contributed by atoms with E-state index in [1.54, 1.807) is 0 Å². The summed E-state index contributed by atoms with van der Waals surface area (Å²) in [7, 11) is -4.64. The molecule has 0 aromatic carbocycles. The summed E-state index contributed by atoms with van der Waals surface area (Å²) in [5.74, 6) is 0. The Bertz CT molecular complexity index is 247. The molecule has 0 amide bonds. The van der Waals surface area contributed by atoms with E-state index in [1.165, 1.54) is 64.2 Å². The number of rotatable bonds is 12. The zero-order valence-electron chi connectivity index (χ0n) is 14.7. The fourth-order valence-electron chi connectivity index (χ4n) is 2.09. The van der Waals surface area contributed by atoms with E-state index in [2.05, 4.69) is 27.7 Å². The predicted molar refractivity (Wildman–Crippen MR) is 90.6 cm³/mol. The van der Waals surface area contributed by atoms with Gasteiger partial charge in [0.15, 0.2) is 0 Å². The third-order valence-corrected chi connectivity index (χ3v) is 4.93. The molecule has 0 aliphatic heterocycles. The molecular weight excluding hydrogens is 346 g/mol. The van der Waals surface area contributed by atoms with Crippen LogP contribution in [0, 0.1) is 0 Å². The third-order valence-electron chi connectivity index (χ3n) is 3.24. The maximum absolute atomic E-state index is 8.88. The van der Waals surface area contributed by atoms with Gasteiger partial charge >= 0.3 is 124 Å². The second kappa shape index (κ2) is 16.5. The summed E-state index contributed by atoms with van der Waals surface area (Å²) in [6.45, 7) is 9.43. The van der Waals surface area contributed by atoms with Crippen molar-refractivity contribution in [3.05, 3.63) is 0 Å². The fraction of sp³-hybridized carbons (Fsp3) is 1.00. The summed E-state index contributed by atoms with van der Waals surface area (Å²) < 4.78 is 8.88. The van der Waals surface area contributed by atoms with Gasteiger partial charge in [-0.3, -0.25) is 0 Å². The first-order valence-corrected chi connectivity index (χ1v) is 11.2. The van der Waals surface area contributed by atoms with Gasteiger partial charge in [-0.2, -0.15) is 0 Å². The van der Waals surface area contributed by atoms with Gasteiger partial charge in [-0.1, -0.05) is 0 Å². The van der Waals surface area contributed by atoms with E-state index in [1.807, 2.05) is 14.4 Å². The van der Waals surface area contributed by atoms with Crippen molar-refractivity contribution >= 4 is 7.82 Å². The van der Waals surface area contributed by atoms with Crippen molar-refractivity contribution < 1.29 is 33.7 Å². The van der Waals surface area contributed by atoms with Gasteiger partial charge in [0.25, 0.3) is 0 Å². The van der Waals surface area contributed by atoms with Gasteiger partial charge in [0.2, 0.25) is 0 Å². The minimum absolute atomic E-state index is 0.889. The Hall–Kier alpha value is 0.604. The fourth-order valence-corrected chi connectivity index (χ4v) is 3.78. The number of unbranched alkanes of at least 4 members (excludes halogenated alkanes) is 6. The summed E-state index contributed by atoms with van der Waals surface area (Å²) in [6, 6.07) is 0. The van der Waals surface area contributed by atoms with Gasteiger partial charge in [0.05, 0.1) is 0 Å². The molecule has 0 aliphatic carbocycles. The summed E-state index contributed by atoms with van der Waals surface area (Å²) in [6.07, 6.45) is 14.2. The Morgan fingerprint density at radius 3 is 1.36 bits per heavy atom. The SMILES string of the molecule is CCCCCC[CH](C)[Ni][CH](C)CCCCCC.O=P(O)(O)O. The largest absolute Gasteiger partial charge is 0.466 e. The molecule has 0 radical (unpaired) electrons. The smallest absolute Gasteiger partial charge is 0.303 e. The van der Waals surface area contributed by atoms with Crippen molar-refractivity contribution in [2.45, 2.75) is 102 Å². The molecule has 0 aromatic heterocycles. The van der Waals surface area contributed by atoms with Crippen molar-refractivity contribution in [3.63, 3.8) is 0 Å². The predicted octanol–water partition coefficient (Wildman–Crippen LogP) is 5.70. The quantitative estimate of drug-likeness (QED) is 0.230. The Kier molecular flexibility index (Phi) is 18.6. The van der Waals surface area contributed by atoms with Crippen LogP contribution in [0.4, 0.5) is 0 Å². The van der Waals surface area contributed by atoms with Crippen molar-refractivity contribution in [1.82, 2.24) is 0 Å². The minimum Gasteiger partial charge on any atom is -0.303 e. The van der Waals surface area contributed by atoms with Crippen molar-refractivity contribution in [1.29, 1.82) is 0 Å². The summed E-state index contributed by atoms with van der Waals surface area (Å²) in [5.41, 5.74) is 0.